The number of hydrogen-bond acceptors (Lipinski definition) is 8. The Hall–Kier alpha value is -1.22. The second-order valence-electron chi connectivity index (χ2n) is 4.92. The molecule has 2 rings (SSSR count). The number of carbonyl (C=O) groups is 1. The van der Waals surface area contributed by atoms with Crippen LogP contribution in [-0.2, 0) is 14.3 Å². The van der Waals surface area contributed by atoms with Gasteiger partial charge in [0.15, 0.2) is 11.9 Å². The van der Waals surface area contributed by atoms with E-state index in [1.165, 1.54) is 12.1 Å². The van der Waals surface area contributed by atoms with Crippen LogP contribution in [0.4, 0.5) is 0 Å². The van der Waals surface area contributed by atoms with Crippen LogP contribution in [-0.4, -0.2) is 59.1 Å². The minimum atomic E-state index is -1.68. The predicted octanol–water partition coefficient (Wildman–Crippen LogP) is 0.443. The van der Waals surface area contributed by atoms with Crippen LogP contribution in [0, 0.1) is 11.3 Å². The van der Waals surface area contributed by atoms with E-state index in [0.29, 0.717) is 14.5 Å². The number of halogens is 2. The monoisotopic (exact) mass is 465 g/mol. The molecule has 1 aliphatic rings. The van der Waals surface area contributed by atoms with Gasteiger partial charge in [0.25, 0.3) is 0 Å². The first-order valence-corrected chi connectivity index (χ1v) is 8.22. The third-order valence-corrected chi connectivity index (χ3v) is 4.54. The maximum atomic E-state index is 11.6. The Bertz CT molecular complexity index is 655. The van der Waals surface area contributed by atoms with Gasteiger partial charge in [-0.3, -0.25) is 0 Å². The molecule has 3 N–H and O–H groups in total. The maximum absolute atomic E-state index is 11.6. The molecule has 10 heteroatoms. The molecule has 1 fully saturated rings. The molecule has 0 spiro atoms. The van der Waals surface area contributed by atoms with Crippen LogP contribution in [0.3, 0.4) is 0 Å². The lowest BCUT2D eigenvalue weighted by Crippen LogP contribution is -2.61. The highest BCUT2D eigenvalue weighted by Crippen LogP contribution is 2.37. The van der Waals surface area contributed by atoms with Gasteiger partial charge in [-0.1, -0.05) is 0 Å². The average molecular weight is 467 g/mol. The molecule has 24 heavy (non-hydrogen) atoms. The molecule has 1 saturated heterocycles. The molecule has 8 nitrogen and oxygen atoms in total. The first-order chi connectivity index (χ1) is 11.3. The van der Waals surface area contributed by atoms with Gasteiger partial charge in [0, 0.05) is 0 Å². The van der Waals surface area contributed by atoms with Crippen LogP contribution >= 0.6 is 31.9 Å². The molecular formula is C14H13Br2NO7. The summed E-state index contributed by atoms with van der Waals surface area (Å²) in [5.74, 6) is -0.731. The van der Waals surface area contributed by atoms with Crippen LogP contribution in [0.2, 0.25) is 0 Å². The van der Waals surface area contributed by atoms with Crippen LogP contribution in [0.15, 0.2) is 21.1 Å². The van der Waals surface area contributed by atoms with E-state index in [0.717, 1.165) is 7.11 Å². The molecule has 0 unspecified atom stereocenters. The fourth-order valence-electron chi connectivity index (χ4n) is 2.11. The maximum Gasteiger partial charge on any atom is 0.337 e. The molecular weight excluding hydrogens is 454 g/mol. The molecule has 130 valence electrons. The number of carbonyl (C=O) groups excluding carboxylic acids is 1. The number of benzene rings is 1. The summed E-state index contributed by atoms with van der Waals surface area (Å²) in [4.78, 5) is 11.6. The third-order valence-electron chi connectivity index (χ3n) is 3.36. The number of nitrogens with zero attached hydrogens (tertiary/aromatic N) is 1. The highest BCUT2D eigenvalue weighted by molar-refractivity contribution is 9.11. The smallest absolute Gasteiger partial charge is 0.337 e. The van der Waals surface area contributed by atoms with Gasteiger partial charge in [0.2, 0.25) is 6.29 Å². The fraction of sp³-hybridized carbons (Fsp3) is 0.429. The second-order valence-corrected chi connectivity index (χ2v) is 6.63. The Labute approximate surface area is 153 Å². The van der Waals surface area contributed by atoms with Crippen LogP contribution in [0.5, 0.6) is 5.75 Å². The molecule has 0 aliphatic carbocycles. The first-order valence-electron chi connectivity index (χ1n) is 6.63. The largest absolute Gasteiger partial charge is 0.467 e. The summed E-state index contributed by atoms with van der Waals surface area (Å²) in [6, 6.07) is 4.93. The number of aliphatic hydroxyl groups is 3. The van der Waals surface area contributed by atoms with Crippen molar-refractivity contribution in [2.75, 3.05) is 7.11 Å². The van der Waals surface area contributed by atoms with Crippen molar-refractivity contribution in [3.05, 3.63) is 26.6 Å². The van der Waals surface area contributed by atoms with Gasteiger partial charge in [-0.15, -0.1) is 0 Å². The second kappa shape index (κ2) is 7.77. The van der Waals surface area contributed by atoms with Crippen molar-refractivity contribution in [2.24, 2.45) is 0 Å². The summed E-state index contributed by atoms with van der Waals surface area (Å²) in [6.45, 7) is 0. The normalized spacial score (nSPS) is 29.6. The lowest BCUT2D eigenvalue weighted by Gasteiger charge is -2.39. The van der Waals surface area contributed by atoms with Crippen molar-refractivity contribution in [1.82, 2.24) is 0 Å². The Morgan fingerprint density at radius 2 is 1.79 bits per heavy atom. The number of esters is 1. The molecule has 0 bridgehead atoms. The SMILES string of the molecule is COC(=O)[C@H]1O[C@@H](Oc2c(Br)cc(C#N)cc2Br)[C@H](O)[C@@H](O)[C@@H]1O. The summed E-state index contributed by atoms with van der Waals surface area (Å²) >= 11 is 6.45. The molecule has 0 amide bonds. The van der Waals surface area contributed by atoms with Crippen molar-refractivity contribution < 1.29 is 34.3 Å². The average Bonchev–Trinajstić information content (AvgIpc) is 2.56. The Morgan fingerprint density at radius 3 is 2.29 bits per heavy atom. The summed E-state index contributed by atoms with van der Waals surface area (Å²) in [5, 5.41) is 38.7. The Morgan fingerprint density at radius 1 is 1.21 bits per heavy atom. The molecule has 1 aromatic rings. The lowest BCUT2D eigenvalue weighted by molar-refractivity contribution is -0.272. The van der Waals surface area contributed by atoms with Crippen LogP contribution in [0.1, 0.15) is 5.56 Å². The van der Waals surface area contributed by atoms with E-state index in [1.54, 1.807) is 0 Å². The van der Waals surface area contributed by atoms with E-state index in [-0.39, 0.29) is 5.75 Å². The van der Waals surface area contributed by atoms with Gasteiger partial charge < -0.3 is 29.5 Å². The van der Waals surface area contributed by atoms with Gasteiger partial charge in [-0.25, -0.2) is 4.79 Å². The van der Waals surface area contributed by atoms with Gasteiger partial charge in [-0.05, 0) is 44.0 Å². The van der Waals surface area contributed by atoms with E-state index in [1.807, 2.05) is 6.07 Å². The zero-order chi connectivity index (χ0) is 18.0. The highest BCUT2D eigenvalue weighted by Gasteiger charge is 2.48. The minimum Gasteiger partial charge on any atom is -0.467 e. The number of methoxy groups -OCH3 is 1. The van der Waals surface area contributed by atoms with Gasteiger partial charge >= 0.3 is 5.97 Å². The van der Waals surface area contributed by atoms with Crippen LogP contribution < -0.4 is 4.74 Å². The van der Waals surface area contributed by atoms with E-state index >= 15 is 0 Å². The minimum absolute atomic E-state index is 0.185. The fourth-order valence-corrected chi connectivity index (χ4v) is 3.48. The Kier molecular flexibility index (Phi) is 6.19. The standard InChI is InChI=1S/C14H13Br2NO7/c1-22-13(21)12-9(19)8(18)10(20)14(24-12)23-11-6(15)2-5(4-17)3-7(11)16/h2-3,8-10,12,14,18-20H,1H3/t8-,9-,10+,12-,14+/m0/s1. The van der Waals surface area contributed by atoms with Crippen molar-refractivity contribution in [3.63, 3.8) is 0 Å². The Balaban J connectivity index is 2.28. The lowest BCUT2D eigenvalue weighted by atomic mass is 9.99. The molecule has 5 atom stereocenters. The van der Waals surface area contributed by atoms with Gasteiger partial charge in [-0.2, -0.15) is 5.26 Å². The number of ether oxygens (including phenoxy) is 3. The highest BCUT2D eigenvalue weighted by atomic mass is 79.9. The van der Waals surface area contributed by atoms with Crippen LogP contribution in [0.25, 0.3) is 0 Å². The van der Waals surface area contributed by atoms with E-state index in [2.05, 4.69) is 36.6 Å². The molecule has 1 aromatic carbocycles. The van der Waals surface area contributed by atoms with Crippen molar-refractivity contribution in [1.29, 1.82) is 5.26 Å². The molecule has 0 saturated carbocycles. The number of rotatable bonds is 3. The van der Waals surface area contributed by atoms with Gasteiger partial charge in [0.1, 0.15) is 18.3 Å². The number of aliphatic hydroxyl groups excluding tert-OH is 3. The molecule has 1 heterocycles. The zero-order valence-electron chi connectivity index (χ0n) is 12.2. The summed E-state index contributed by atoms with van der Waals surface area (Å²) in [5.41, 5.74) is 0.356. The molecule has 1 aliphatic heterocycles. The quantitative estimate of drug-likeness (QED) is 0.547. The molecule has 0 aromatic heterocycles. The first kappa shape index (κ1) is 19.1. The number of hydrogen-bond donors (Lipinski definition) is 3. The summed E-state index contributed by atoms with van der Waals surface area (Å²) in [7, 11) is 1.10. The number of nitriles is 1. The third kappa shape index (κ3) is 3.72. The van der Waals surface area contributed by atoms with Crippen molar-refractivity contribution >= 4 is 37.8 Å². The topological polar surface area (TPSA) is 129 Å². The molecule has 0 radical (unpaired) electrons. The van der Waals surface area contributed by atoms with Gasteiger partial charge in [0.05, 0.1) is 27.7 Å². The van der Waals surface area contributed by atoms with E-state index < -0.39 is 36.7 Å². The summed E-state index contributed by atoms with van der Waals surface area (Å²) in [6.07, 6.45) is -7.93. The zero-order valence-corrected chi connectivity index (χ0v) is 15.4. The van der Waals surface area contributed by atoms with E-state index in [9.17, 15) is 20.1 Å². The predicted molar refractivity (Wildman–Crippen MR) is 85.9 cm³/mol. The van der Waals surface area contributed by atoms with E-state index in [4.69, 9.17) is 14.7 Å². The summed E-state index contributed by atoms with van der Waals surface area (Å²) < 4.78 is 16.0. The van der Waals surface area contributed by atoms with Crippen molar-refractivity contribution in [2.45, 2.75) is 30.7 Å². The van der Waals surface area contributed by atoms with Crippen molar-refractivity contribution in [3.8, 4) is 11.8 Å².